The Labute approximate surface area is 126 Å². The molecular formula is C12H8ClLiN4O. The van der Waals surface area contributed by atoms with Crippen LogP contribution in [0.3, 0.4) is 0 Å². The number of halogens is 1. The molecular weight excluding hydrogens is 259 g/mol. The van der Waals surface area contributed by atoms with Crippen LogP contribution >= 0.6 is 11.6 Å². The van der Waals surface area contributed by atoms with E-state index in [2.05, 4.69) is 19.9 Å². The molecule has 3 aromatic rings. The third-order valence-corrected chi connectivity index (χ3v) is 2.74. The zero-order chi connectivity index (χ0) is 12.5. The van der Waals surface area contributed by atoms with Crippen molar-refractivity contribution in [2.24, 2.45) is 0 Å². The Morgan fingerprint density at radius 3 is 2.58 bits per heavy atom. The van der Waals surface area contributed by atoms with Gasteiger partial charge in [-0.15, -0.1) is 0 Å². The van der Waals surface area contributed by atoms with Gasteiger partial charge in [-0.05, 0) is 30.6 Å². The first-order valence-corrected chi connectivity index (χ1v) is 5.61. The third-order valence-electron chi connectivity index (χ3n) is 2.57. The maximum atomic E-state index is 5.87. The molecule has 0 atom stereocenters. The van der Waals surface area contributed by atoms with Crippen LogP contribution in [-0.4, -0.2) is 22.1 Å². The molecule has 0 spiro atoms. The van der Waals surface area contributed by atoms with Crippen LogP contribution in [0.25, 0.3) is 22.4 Å². The molecule has 5 nitrogen and oxygen atoms in total. The summed E-state index contributed by atoms with van der Waals surface area (Å²) in [6, 6.07) is 7.50. The monoisotopic (exact) mass is 266 g/mol. The molecule has 0 aliphatic heterocycles. The average molecular weight is 267 g/mol. The Hall–Kier alpha value is -1.54. The normalized spacial score (nSPS) is 10.2. The summed E-state index contributed by atoms with van der Waals surface area (Å²) >= 11 is 5.87. The van der Waals surface area contributed by atoms with E-state index in [1.54, 1.807) is 7.11 Å². The van der Waals surface area contributed by atoms with Crippen LogP contribution in [0.15, 0.2) is 30.6 Å². The molecule has 0 saturated carbocycles. The number of ether oxygens (including phenoxy) is 1. The molecule has 0 aliphatic carbocycles. The van der Waals surface area contributed by atoms with Gasteiger partial charge in [-0.25, -0.2) is 4.98 Å². The predicted octanol–water partition coefficient (Wildman–Crippen LogP) is -0.685. The minimum atomic E-state index is 0. The zero-order valence-electron chi connectivity index (χ0n) is 10.5. The molecule has 19 heavy (non-hydrogen) atoms. The predicted molar refractivity (Wildman–Crippen MR) is 67.7 cm³/mol. The van der Waals surface area contributed by atoms with Crippen molar-refractivity contribution in [1.29, 1.82) is 0 Å². The molecule has 2 heterocycles. The van der Waals surface area contributed by atoms with Crippen LogP contribution in [0.1, 0.15) is 0 Å². The van der Waals surface area contributed by atoms with Gasteiger partial charge in [0.15, 0.2) is 5.28 Å². The molecule has 0 fully saturated rings. The van der Waals surface area contributed by atoms with E-state index >= 15 is 0 Å². The maximum Gasteiger partial charge on any atom is 1.00 e. The molecule has 90 valence electrons. The number of imidazole rings is 1. The molecule has 2 aromatic heterocycles. The quantitative estimate of drug-likeness (QED) is 0.454. The van der Waals surface area contributed by atoms with Crippen molar-refractivity contribution in [3.8, 4) is 17.0 Å². The van der Waals surface area contributed by atoms with Crippen molar-refractivity contribution >= 4 is 22.8 Å². The second kappa shape index (κ2) is 5.62. The molecule has 7 heteroatoms. The largest absolute Gasteiger partial charge is 1.00 e. The first kappa shape index (κ1) is 13.9. The van der Waals surface area contributed by atoms with Crippen molar-refractivity contribution in [3.05, 3.63) is 35.9 Å². The molecule has 0 unspecified atom stereocenters. The number of nitrogens with zero attached hydrogens (tertiary/aromatic N) is 4. The van der Waals surface area contributed by atoms with Crippen molar-refractivity contribution in [2.45, 2.75) is 0 Å². The van der Waals surface area contributed by atoms with Crippen LogP contribution in [0.5, 0.6) is 5.75 Å². The standard InChI is InChI=1S/C12H8ClN4O.Li/c1-18-8-4-2-7(3-5-8)9-10-11(15-6-14-10)17-12(13)16-9;/h2-6H,1H3;/q-1;+1. The van der Waals surface area contributed by atoms with E-state index in [0.717, 1.165) is 11.3 Å². The topological polar surface area (TPSA) is 62.0 Å². The number of hydrogen-bond donors (Lipinski definition) is 0. The summed E-state index contributed by atoms with van der Waals surface area (Å²) in [5, 5.41) is 0.161. The number of aromatic nitrogens is 4. The van der Waals surface area contributed by atoms with Crippen molar-refractivity contribution in [3.63, 3.8) is 0 Å². The minimum Gasteiger partial charge on any atom is -0.497 e. The first-order valence-electron chi connectivity index (χ1n) is 5.23. The summed E-state index contributed by atoms with van der Waals surface area (Å²) < 4.78 is 5.11. The number of benzene rings is 1. The van der Waals surface area contributed by atoms with Crippen LogP contribution in [0.2, 0.25) is 5.28 Å². The molecule has 0 radical (unpaired) electrons. The fourth-order valence-electron chi connectivity index (χ4n) is 1.72. The Bertz CT molecular complexity index is 699. The van der Waals surface area contributed by atoms with Crippen LogP contribution < -0.4 is 28.6 Å². The summed E-state index contributed by atoms with van der Waals surface area (Å²) in [6.07, 6.45) is 1.45. The van der Waals surface area contributed by atoms with Gasteiger partial charge in [0.05, 0.1) is 12.8 Å². The fraction of sp³-hybridized carbons (Fsp3) is 0.0833. The minimum absolute atomic E-state index is 0. The molecule has 3 rings (SSSR count). The Balaban J connectivity index is 0.00000133. The molecule has 0 saturated heterocycles. The number of rotatable bonds is 2. The average Bonchev–Trinajstić information content (AvgIpc) is 2.86. The van der Waals surface area contributed by atoms with E-state index in [1.165, 1.54) is 6.33 Å². The SMILES string of the molecule is COc1ccc(-c2nc(Cl)nc3[n-]cnc23)cc1.[Li+]. The second-order valence-corrected chi connectivity index (χ2v) is 3.95. The van der Waals surface area contributed by atoms with Crippen molar-refractivity contribution < 1.29 is 23.6 Å². The van der Waals surface area contributed by atoms with E-state index in [-0.39, 0.29) is 24.1 Å². The van der Waals surface area contributed by atoms with E-state index in [0.29, 0.717) is 16.9 Å². The van der Waals surface area contributed by atoms with Gasteiger partial charge >= 0.3 is 18.9 Å². The number of hydrogen-bond acceptors (Lipinski definition) is 4. The van der Waals surface area contributed by atoms with E-state index in [9.17, 15) is 0 Å². The van der Waals surface area contributed by atoms with Gasteiger partial charge in [0.25, 0.3) is 0 Å². The van der Waals surface area contributed by atoms with Gasteiger partial charge in [0.2, 0.25) is 0 Å². The molecule has 0 N–H and O–H groups in total. The summed E-state index contributed by atoms with van der Waals surface area (Å²) in [5.41, 5.74) is 2.71. The van der Waals surface area contributed by atoms with E-state index < -0.39 is 0 Å². The van der Waals surface area contributed by atoms with Gasteiger partial charge in [0, 0.05) is 16.7 Å². The summed E-state index contributed by atoms with van der Waals surface area (Å²) in [6.45, 7) is 0. The summed E-state index contributed by atoms with van der Waals surface area (Å²) in [7, 11) is 1.62. The Kier molecular flexibility index (Phi) is 4.10. The zero-order valence-corrected chi connectivity index (χ0v) is 11.2. The molecule has 1 aromatic carbocycles. The smallest absolute Gasteiger partial charge is 0.497 e. The van der Waals surface area contributed by atoms with Crippen LogP contribution in [-0.2, 0) is 0 Å². The van der Waals surface area contributed by atoms with Gasteiger partial charge in [-0.1, -0.05) is 11.6 Å². The fourth-order valence-corrected chi connectivity index (χ4v) is 1.88. The van der Waals surface area contributed by atoms with E-state index in [4.69, 9.17) is 16.3 Å². The molecule has 0 amide bonds. The summed E-state index contributed by atoms with van der Waals surface area (Å²) in [5.74, 6) is 0.781. The number of fused-ring (bicyclic) bond motifs is 1. The molecule has 0 aliphatic rings. The number of methoxy groups -OCH3 is 1. The van der Waals surface area contributed by atoms with Gasteiger partial charge in [0.1, 0.15) is 5.75 Å². The third kappa shape index (κ3) is 2.59. The molecule has 0 bridgehead atoms. The summed E-state index contributed by atoms with van der Waals surface area (Å²) in [4.78, 5) is 16.4. The van der Waals surface area contributed by atoms with E-state index in [1.807, 2.05) is 24.3 Å². The first-order chi connectivity index (χ1) is 8.78. The Morgan fingerprint density at radius 2 is 1.89 bits per heavy atom. The van der Waals surface area contributed by atoms with Gasteiger partial charge < -0.3 is 19.7 Å². The Morgan fingerprint density at radius 1 is 1.16 bits per heavy atom. The maximum absolute atomic E-state index is 5.87. The second-order valence-electron chi connectivity index (χ2n) is 3.62. The van der Waals surface area contributed by atoms with Crippen LogP contribution in [0, 0.1) is 0 Å². The van der Waals surface area contributed by atoms with Crippen LogP contribution in [0.4, 0.5) is 0 Å². The van der Waals surface area contributed by atoms with Gasteiger partial charge in [-0.2, -0.15) is 0 Å². The van der Waals surface area contributed by atoms with Crippen molar-refractivity contribution in [1.82, 2.24) is 19.9 Å². The van der Waals surface area contributed by atoms with Gasteiger partial charge in [-0.3, -0.25) is 0 Å². The van der Waals surface area contributed by atoms with Crippen molar-refractivity contribution in [2.75, 3.05) is 7.11 Å².